The summed E-state index contributed by atoms with van der Waals surface area (Å²) >= 11 is 24.1. The van der Waals surface area contributed by atoms with Gasteiger partial charge in [-0.1, -0.05) is 40.9 Å². The molecule has 0 radical (unpaired) electrons. The van der Waals surface area contributed by atoms with E-state index in [2.05, 4.69) is 40.0 Å². The fraction of sp³-hybridized carbons (Fsp3) is 0.355. The number of urea groups is 1. The second kappa shape index (κ2) is 36.8. The first kappa shape index (κ1) is 88.0. The van der Waals surface area contributed by atoms with E-state index in [1.807, 2.05) is 0 Å². The summed E-state index contributed by atoms with van der Waals surface area (Å²) in [5.41, 5.74) is -4.65. The van der Waals surface area contributed by atoms with Crippen molar-refractivity contribution in [3.63, 3.8) is 0 Å². The molecule has 2 amide bonds. The number of aromatic nitrogens is 7. The number of hydrogen-bond acceptors (Lipinski definition) is 25. The third kappa shape index (κ3) is 22.7. The van der Waals surface area contributed by atoms with Gasteiger partial charge in [0.15, 0.2) is 21.2 Å². The van der Waals surface area contributed by atoms with Gasteiger partial charge < -0.3 is 28.4 Å². The van der Waals surface area contributed by atoms with E-state index < -0.39 is 127 Å². The van der Waals surface area contributed by atoms with Gasteiger partial charge in [-0.05, 0) is 113 Å². The molecular formula is C62H66Cl4F6N12O20S3. The number of benzene rings is 4. The highest BCUT2D eigenvalue weighted by Crippen LogP contribution is 2.40. The molecule has 0 saturated carbocycles. The zero-order chi connectivity index (χ0) is 80.8. The number of sulfone groups is 1. The molecule has 32 nitrogen and oxygen atoms in total. The number of hydrazone groups is 1. The van der Waals surface area contributed by atoms with Gasteiger partial charge in [-0.15, -0.1) is 16.7 Å². The van der Waals surface area contributed by atoms with Crippen LogP contribution in [0.1, 0.15) is 95.2 Å². The number of anilines is 2. The van der Waals surface area contributed by atoms with Gasteiger partial charge in [0.25, 0.3) is 15.6 Å². The molecule has 0 bridgehead atoms. The second-order valence-corrected chi connectivity index (χ2v) is 29.3. The summed E-state index contributed by atoms with van der Waals surface area (Å²) in [6.45, 7) is 6.46. The zero-order valence-electron chi connectivity index (χ0n) is 58.1. The van der Waals surface area contributed by atoms with Gasteiger partial charge in [-0.25, -0.2) is 72.6 Å². The summed E-state index contributed by atoms with van der Waals surface area (Å²) in [6.07, 6.45) is -3.20. The van der Waals surface area contributed by atoms with E-state index in [9.17, 15) is 90.0 Å². The number of carbonyl (C=O) groups excluding carboxylic acids is 6. The summed E-state index contributed by atoms with van der Waals surface area (Å²) < 4.78 is 186. The molecule has 2 atom stereocenters. The lowest BCUT2D eigenvalue weighted by Crippen LogP contribution is -2.48. The third-order valence-electron chi connectivity index (χ3n) is 14.3. The number of aromatic amines is 1. The molecule has 8 rings (SSSR count). The van der Waals surface area contributed by atoms with Gasteiger partial charge in [-0.2, -0.15) is 41.7 Å². The molecule has 4 heterocycles. The maximum atomic E-state index is 14.2. The van der Waals surface area contributed by atoms with Gasteiger partial charge in [0.2, 0.25) is 33.5 Å². The Balaban J connectivity index is 0.000000258. The van der Waals surface area contributed by atoms with Gasteiger partial charge in [0.1, 0.15) is 33.1 Å². The van der Waals surface area contributed by atoms with E-state index in [1.165, 1.54) is 52.3 Å². The summed E-state index contributed by atoms with van der Waals surface area (Å²) in [5, 5.41) is 13.6. The number of hydrogen-bond donors (Lipinski definition) is 4. The molecule has 107 heavy (non-hydrogen) atoms. The Kier molecular flexibility index (Phi) is 30.2. The quantitative estimate of drug-likeness (QED) is 0.0154. The lowest BCUT2D eigenvalue weighted by atomic mass is 9.95. The van der Waals surface area contributed by atoms with Crippen LogP contribution in [0.4, 0.5) is 42.8 Å². The Hall–Kier alpha value is -9.65. The Morgan fingerprint density at radius 3 is 1.88 bits per heavy atom. The Bertz CT molecular complexity index is 5040. The first-order valence-electron chi connectivity index (χ1n) is 30.3. The molecule has 4 N–H and O–H groups in total. The van der Waals surface area contributed by atoms with E-state index in [4.69, 9.17) is 70.1 Å². The monoisotopic (exact) mass is 1650 g/mol. The number of alkyl halides is 6. The van der Waals surface area contributed by atoms with Gasteiger partial charge >= 0.3 is 48.3 Å². The Morgan fingerprint density at radius 2 is 1.36 bits per heavy atom. The van der Waals surface area contributed by atoms with Crippen molar-refractivity contribution < 1.29 is 109 Å². The molecule has 4 aromatic carbocycles. The van der Waals surface area contributed by atoms with Crippen LogP contribution in [0.5, 0.6) is 11.8 Å². The van der Waals surface area contributed by atoms with E-state index in [-0.39, 0.29) is 112 Å². The van der Waals surface area contributed by atoms with Crippen molar-refractivity contribution in [3.05, 3.63) is 159 Å². The highest BCUT2D eigenvalue weighted by molar-refractivity contribution is 7.91. The van der Waals surface area contributed by atoms with Crippen molar-refractivity contribution in [3.8, 4) is 17.4 Å². The number of halogens is 10. The number of esters is 4. The predicted molar refractivity (Wildman–Crippen MR) is 374 cm³/mol. The fourth-order valence-electron chi connectivity index (χ4n) is 9.33. The number of nitrogens with one attached hydrogen (secondary N) is 4. The lowest BCUT2D eigenvalue weighted by molar-refractivity contribution is -0.148. The molecule has 0 aliphatic carbocycles. The number of ether oxygens (including phenoxy) is 6. The summed E-state index contributed by atoms with van der Waals surface area (Å²) in [7, 11) is -7.30. The minimum atomic E-state index is -4.76. The number of sulfonamides is 2. The zero-order valence-corrected chi connectivity index (χ0v) is 63.5. The number of methoxy groups -OCH3 is 3. The maximum Gasteiger partial charge on any atom is 0.416 e. The number of H-pyrrole nitrogens is 1. The van der Waals surface area contributed by atoms with Gasteiger partial charge in [0, 0.05) is 54.0 Å². The number of carbonyl (C=O) groups is 6. The standard InChI is InChI=1S/C17H21N5O9S2.C16H18Cl2N2O4.C15H14Cl2F3N3O3.C14H13F3N2O4S/c1-29-13-8-14(30-2)20-16(19-13)21-17(24)22-33(27,28)12-7-10(9-18-32(4,25)26)5-6-11(12)15(23)31-3;1-4-23-14(21)12-9-16(3,15(22)24-5-2)20(19-12)13-7-6-10(17)8-11(13)18;1-3-26-13(24)10(17)4-8-5-12(11(18)6-9(8)16)23-15(25)22(14(19)20)7(2)21-23;1-7-11(13(21)19(2)18-7)12(20)9-5-4-8(14(15,16)17)6-10(9)24(3,22)23/h5-8,18H,9H2,1-4H3,(H2,19,20,21,22,24);6-8H,4-5,9H2,1-3H3;5-6,10,14H,3-4H2,1-2H3;4-6,18H,1-3H3. The molecule has 0 fully saturated rings. The fourth-order valence-corrected chi connectivity index (χ4v) is 12.8. The topological polar surface area (TPSA) is 415 Å². The number of nitrogens with zero attached hydrogens (tertiary/aromatic N) is 8. The average molecular weight is 1650 g/mol. The van der Waals surface area contributed by atoms with Gasteiger partial charge in [0.05, 0.1) is 80.2 Å². The highest BCUT2D eigenvalue weighted by Gasteiger charge is 2.50. The van der Waals surface area contributed by atoms with Crippen molar-refractivity contribution in [2.75, 3.05) is 64.0 Å². The van der Waals surface area contributed by atoms with Crippen LogP contribution in [0.2, 0.25) is 15.1 Å². The van der Waals surface area contributed by atoms with Crippen LogP contribution in [0.25, 0.3) is 5.69 Å². The molecule has 582 valence electrons. The van der Waals surface area contributed by atoms with Crippen LogP contribution in [-0.2, 0) is 89.4 Å². The first-order chi connectivity index (χ1) is 49.7. The summed E-state index contributed by atoms with van der Waals surface area (Å²) in [5.74, 6) is -5.17. The van der Waals surface area contributed by atoms with Crippen molar-refractivity contribution in [1.82, 2.24) is 43.5 Å². The van der Waals surface area contributed by atoms with E-state index in [0.717, 1.165) is 48.4 Å². The van der Waals surface area contributed by atoms with E-state index >= 15 is 0 Å². The average Bonchev–Trinajstić information content (AvgIpc) is 1.66. The number of amides is 2. The van der Waals surface area contributed by atoms with Crippen molar-refractivity contribution in [1.29, 1.82) is 0 Å². The Morgan fingerprint density at radius 1 is 0.757 bits per heavy atom. The van der Waals surface area contributed by atoms with Crippen LogP contribution in [0, 0.1) is 19.7 Å². The molecule has 45 heteroatoms. The van der Waals surface area contributed by atoms with Crippen LogP contribution >= 0.6 is 46.4 Å². The third-order valence-corrected chi connectivity index (χ3v) is 18.7. The van der Waals surface area contributed by atoms with Crippen molar-refractivity contribution >= 4 is 129 Å². The molecular weight excluding hydrogens is 1580 g/mol. The Labute approximate surface area is 625 Å². The first-order valence-corrected chi connectivity index (χ1v) is 37.2. The molecule has 1 aliphatic heterocycles. The molecule has 0 spiro atoms. The summed E-state index contributed by atoms with van der Waals surface area (Å²) in [4.78, 5) is 103. The normalized spacial score (nSPS) is 13.8. The maximum absolute atomic E-state index is 14.2. The SMILES string of the molecule is CCOC(=O)C(Cl)Cc1cc(-n2nc(C)n(C(F)F)c2=O)c(F)cc1Cl.CCOC(=O)C1=NN(c2ccc(Cl)cc2Cl)C(C)(C(=O)OCC)C1.COC(=O)c1ccc(CNS(C)(=O)=O)cc1S(=O)(=O)NC(=O)Nc1nc(OC)cc(OC)n1.Cc1[nH]n(C)c(=O)c1C(=O)c1ccc(C(F)(F)F)cc1S(C)(=O)=O. The minimum Gasteiger partial charge on any atom is -0.481 e. The molecule has 3 aromatic heterocycles. The van der Waals surface area contributed by atoms with Crippen molar-refractivity contribution in [2.45, 2.75) is 94.4 Å². The van der Waals surface area contributed by atoms with Crippen LogP contribution in [0.15, 0.2) is 97.3 Å². The lowest BCUT2D eigenvalue weighted by Gasteiger charge is -2.32. The molecule has 7 aromatic rings. The van der Waals surface area contributed by atoms with E-state index in [1.54, 1.807) is 50.6 Å². The minimum absolute atomic E-state index is 0.0408. The highest BCUT2D eigenvalue weighted by atomic mass is 35.5. The largest absolute Gasteiger partial charge is 0.481 e. The number of aryl methyl sites for hydroxylation is 3. The van der Waals surface area contributed by atoms with Crippen LogP contribution in [0.3, 0.4) is 0 Å². The molecule has 0 saturated heterocycles. The van der Waals surface area contributed by atoms with Crippen LogP contribution in [-0.4, -0.2) is 165 Å². The smallest absolute Gasteiger partial charge is 0.416 e. The molecule has 1 aliphatic rings. The van der Waals surface area contributed by atoms with E-state index in [0.29, 0.717) is 38.8 Å². The predicted octanol–water partition coefficient (Wildman–Crippen LogP) is 8.20. The van der Waals surface area contributed by atoms with Crippen LogP contribution < -0.4 is 40.5 Å². The van der Waals surface area contributed by atoms with Gasteiger partial charge in [-0.3, -0.25) is 29.5 Å². The molecule has 2 unspecified atom stereocenters. The van der Waals surface area contributed by atoms with Crippen molar-refractivity contribution in [2.24, 2.45) is 12.1 Å². The number of ketones is 1. The second-order valence-electron chi connectivity index (χ2n) is 22.1. The number of rotatable bonds is 23. The summed E-state index contributed by atoms with van der Waals surface area (Å²) in [6, 6.07) is 12.2.